The minimum atomic E-state index is -0.989. The van der Waals surface area contributed by atoms with Gasteiger partial charge in [-0.25, -0.2) is 13.6 Å². The Kier molecular flexibility index (Phi) is 5.26. The third kappa shape index (κ3) is 4.87. The molecule has 0 aliphatic rings. The van der Waals surface area contributed by atoms with Crippen LogP contribution in [0, 0.1) is 11.6 Å². The second-order valence-electron chi connectivity index (χ2n) is 4.60. The standard InChI is InChI=1S/C16H16F2N2O/c17-14-9-8-13(11-15(14)18)20-16(21)19-10-4-7-12-5-2-1-3-6-12/h1-3,5-6,8-9,11H,4,7,10H2,(H2,19,20,21). The van der Waals surface area contributed by atoms with E-state index in [1.165, 1.54) is 11.6 Å². The zero-order chi connectivity index (χ0) is 15.1. The van der Waals surface area contributed by atoms with Crippen LogP contribution in [0.5, 0.6) is 0 Å². The predicted molar refractivity (Wildman–Crippen MR) is 78.1 cm³/mol. The number of urea groups is 1. The highest BCUT2D eigenvalue weighted by molar-refractivity contribution is 5.89. The van der Waals surface area contributed by atoms with Crippen molar-refractivity contribution in [3.05, 3.63) is 65.7 Å². The lowest BCUT2D eigenvalue weighted by Gasteiger charge is -2.08. The third-order valence-corrected chi connectivity index (χ3v) is 2.95. The van der Waals surface area contributed by atoms with E-state index in [-0.39, 0.29) is 5.69 Å². The van der Waals surface area contributed by atoms with Gasteiger partial charge >= 0.3 is 6.03 Å². The first-order chi connectivity index (χ1) is 10.1. The first-order valence-electron chi connectivity index (χ1n) is 6.69. The molecule has 21 heavy (non-hydrogen) atoms. The molecular formula is C16H16F2N2O. The molecule has 5 heteroatoms. The highest BCUT2D eigenvalue weighted by Gasteiger charge is 2.05. The van der Waals surface area contributed by atoms with E-state index >= 15 is 0 Å². The number of hydrogen-bond donors (Lipinski definition) is 2. The number of amides is 2. The number of nitrogens with one attached hydrogen (secondary N) is 2. The number of anilines is 1. The van der Waals surface area contributed by atoms with Gasteiger partial charge in [0.25, 0.3) is 0 Å². The number of carbonyl (C=O) groups is 1. The van der Waals surface area contributed by atoms with Crippen LogP contribution < -0.4 is 10.6 Å². The quantitative estimate of drug-likeness (QED) is 0.810. The van der Waals surface area contributed by atoms with Crippen LogP contribution in [0.4, 0.5) is 19.3 Å². The van der Waals surface area contributed by atoms with Crippen LogP contribution in [0.15, 0.2) is 48.5 Å². The van der Waals surface area contributed by atoms with Gasteiger partial charge in [0.1, 0.15) is 0 Å². The topological polar surface area (TPSA) is 41.1 Å². The van der Waals surface area contributed by atoms with E-state index in [1.807, 2.05) is 30.3 Å². The molecule has 2 rings (SSSR count). The van der Waals surface area contributed by atoms with Crippen molar-refractivity contribution >= 4 is 11.7 Å². The minimum Gasteiger partial charge on any atom is -0.338 e. The Morgan fingerprint density at radius 1 is 1.00 bits per heavy atom. The second kappa shape index (κ2) is 7.38. The van der Waals surface area contributed by atoms with Crippen molar-refractivity contribution < 1.29 is 13.6 Å². The van der Waals surface area contributed by atoms with Crippen LogP contribution in [-0.4, -0.2) is 12.6 Å². The molecule has 0 bridgehead atoms. The number of halogens is 2. The fourth-order valence-corrected chi connectivity index (χ4v) is 1.89. The van der Waals surface area contributed by atoms with Gasteiger partial charge in [0.05, 0.1) is 0 Å². The lowest BCUT2D eigenvalue weighted by Crippen LogP contribution is -2.29. The van der Waals surface area contributed by atoms with E-state index in [2.05, 4.69) is 10.6 Å². The number of aryl methyl sites for hydroxylation is 1. The highest BCUT2D eigenvalue weighted by atomic mass is 19.2. The van der Waals surface area contributed by atoms with Crippen molar-refractivity contribution in [2.24, 2.45) is 0 Å². The summed E-state index contributed by atoms with van der Waals surface area (Å²) in [5.74, 6) is -1.93. The molecule has 0 unspecified atom stereocenters. The van der Waals surface area contributed by atoms with Crippen LogP contribution in [0.3, 0.4) is 0 Å². The first kappa shape index (κ1) is 15.0. The van der Waals surface area contributed by atoms with E-state index in [9.17, 15) is 13.6 Å². The monoisotopic (exact) mass is 290 g/mol. The van der Waals surface area contributed by atoms with Crippen LogP contribution in [0.2, 0.25) is 0 Å². The SMILES string of the molecule is O=C(NCCCc1ccccc1)Nc1ccc(F)c(F)c1. The summed E-state index contributed by atoms with van der Waals surface area (Å²) in [6.07, 6.45) is 1.67. The number of hydrogen-bond acceptors (Lipinski definition) is 1. The summed E-state index contributed by atoms with van der Waals surface area (Å²) < 4.78 is 25.7. The maximum Gasteiger partial charge on any atom is 0.319 e. The maximum absolute atomic E-state index is 13.0. The zero-order valence-corrected chi connectivity index (χ0v) is 11.4. The van der Waals surface area contributed by atoms with E-state index in [0.29, 0.717) is 6.54 Å². The molecule has 0 aliphatic heterocycles. The number of rotatable bonds is 5. The molecule has 0 radical (unpaired) electrons. The number of benzene rings is 2. The van der Waals surface area contributed by atoms with Crippen molar-refractivity contribution in [2.45, 2.75) is 12.8 Å². The van der Waals surface area contributed by atoms with E-state index in [0.717, 1.165) is 25.0 Å². The summed E-state index contributed by atoms with van der Waals surface area (Å²) in [4.78, 5) is 11.6. The third-order valence-electron chi connectivity index (χ3n) is 2.95. The van der Waals surface area contributed by atoms with Gasteiger partial charge in [-0.05, 0) is 30.5 Å². The van der Waals surface area contributed by atoms with Crippen molar-refractivity contribution in [2.75, 3.05) is 11.9 Å². The minimum absolute atomic E-state index is 0.217. The highest BCUT2D eigenvalue weighted by Crippen LogP contribution is 2.12. The molecule has 3 nitrogen and oxygen atoms in total. The maximum atomic E-state index is 13.0. The first-order valence-corrected chi connectivity index (χ1v) is 6.69. The summed E-state index contributed by atoms with van der Waals surface area (Å²) in [7, 11) is 0. The molecule has 0 spiro atoms. The van der Waals surface area contributed by atoms with Crippen LogP contribution in [-0.2, 0) is 6.42 Å². The largest absolute Gasteiger partial charge is 0.338 e. The zero-order valence-electron chi connectivity index (χ0n) is 11.4. The Morgan fingerprint density at radius 3 is 2.48 bits per heavy atom. The molecule has 2 N–H and O–H groups in total. The Balaban J connectivity index is 1.71. The Labute approximate surface area is 122 Å². The van der Waals surface area contributed by atoms with Crippen molar-refractivity contribution in [1.82, 2.24) is 5.32 Å². The molecule has 2 amide bonds. The molecule has 0 heterocycles. The van der Waals surface area contributed by atoms with Gasteiger partial charge in [-0.2, -0.15) is 0 Å². The smallest absolute Gasteiger partial charge is 0.319 e. The summed E-state index contributed by atoms with van der Waals surface area (Å²) >= 11 is 0. The van der Waals surface area contributed by atoms with E-state index < -0.39 is 17.7 Å². The lowest BCUT2D eigenvalue weighted by molar-refractivity contribution is 0.252. The van der Waals surface area contributed by atoms with Crippen LogP contribution in [0.1, 0.15) is 12.0 Å². The molecule has 0 aliphatic carbocycles. The van der Waals surface area contributed by atoms with Crippen molar-refractivity contribution in [3.8, 4) is 0 Å². The van der Waals surface area contributed by atoms with Gasteiger partial charge < -0.3 is 10.6 Å². The summed E-state index contributed by atoms with van der Waals surface area (Å²) in [6.45, 7) is 0.504. The normalized spacial score (nSPS) is 10.2. The summed E-state index contributed by atoms with van der Waals surface area (Å²) in [5.41, 5.74) is 1.43. The molecule has 0 saturated carbocycles. The summed E-state index contributed by atoms with van der Waals surface area (Å²) in [5, 5.41) is 5.12. The van der Waals surface area contributed by atoms with Crippen LogP contribution in [0.25, 0.3) is 0 Å². The fraction of sp³-hybridized carbons (Fsp3) is 0.188. The van der Waals surface area contributed by atoms with Gasteiger partial charge in [0, 0.05) is 18.3 Å². The molecule has 2 aromatic carbocycles. The van der Waals surface area contributed by atoms with Gasteiger partial charge in [0.15, 0.2) is 11.6 Å². The summed E-state index contributed by atoms with van der Waals surface area (Å²) in [6, 6.07) is 12.7. The van der Waals surface area contributed by atoms with Gasteiger partial charge in [-0.1, -0.05) is 30.3 Å². The Bertz CT molecular complexity index is 602. The average Bonchev–Trinajstić information content (AvgIpc) is 2.49. The molecule has 0 atom stereocenters. The van der Waals surface area contributed by atoms with Crippen molar-refractivity contribution in [3.63, 3.8) is 0 Å². The van der Waals surface area contributed by atoms with Gasteiger partial charge in [-0.15, -0.1) is 0 Å². The fourth-order valence-electron chi connectivity index (χ4n) is 1.89. The Hall–Kier alpha value is -2.43. The lowest BCUT2D eigenvalue weighted by atomic mass is 10.1. The van der Waals surface area contributed by atoms with Gasteiger partial charge in [-0.3, -0.25) is 0 Å². The van der Waals surface area contributed by atoms with E-state index in [4.69, 9.17) is 0 Å². The molecule has 2 aromatic rings. The average molecular weight is 290 g/mol. The molecule has 110 valence electrons. The molecule has 0 aromatic heterocycles. The second-order valence-corrected chi connectivity index (χ2v) is 4.60. The van der Waals surface area contributed by atoms with Crippen LogP contribution >= 0.6 is 0 Å². The van der Waals surface area contributed by atoms with Gasteiger partial charge in [0.2, 0.25) is 0 Å². The predicted octanol–water partition coefficient (Wildman–Crippen LogP) is 3.72. The van der Waals surface area contributed by atoms with E-state index in [1.54, 1.807) is 0 Å². The van der Waals surface area contributed by atoms with Crippen molar-refractivity contribution in [1.29, 1.82) is 0 Å². The molecule has 0 saturated heterocycles. The molecular weight excluding hydrogens is 274 g/mol. The number of carbonyl (C=O) groups excluding carboxylic acids is 1. The Morgan fingerprint density at radius 2 is 1.76 bits per heavy atom. The molecule has 0 fully saturated rings.